The molecule has 0 spiro atoms. The molecule has 4 heteroatoms. The SMILES string of the molecule is CCCCCCCCOc1ccc(OCCN2CCOCC2)cc1. The normalized spacial score (nSPS) is 15.4. The minimum absolute atomic E-state index is 0.720. The minimum atomic E-state index is 0.720. The Hall–Kier alpha value is -1.26. The van der Waals surface area contributed by atoms with Crippen molar-refractivity contribution in [2.75, 3.05) is 46.1 Å². The van der Waals surface area contributed by atoms with Crippen molar-refractivity contribution in [2.24, 2.45) is 0 Å². The van der Waals surface area contributed by atoms with Gasteiger partial charge in [-0.2, -0.15) is 0 Å². The molecule has 0 atom stereocenters. The van der Waals surface area contributed by atoms with E-state index in [0.717, 1.165) is 64.0 Å². The van der Waals surface area contributed by atoms with E-state index in [1.165, 1.54) is 32.1 Å². The van der Waals surface area contributed by atoms with Gasteiger partial charge in [0.1, 0.15) is 18.1 Å². The zero-order valence-electron chi connectivity index (χ0n) is 15.2. The molecule has 1 aromatic rings. The van der Waals surface area contributed by atoms with Gasteiger partial charge in [-0.3, -0.25) is 4.90 Å². The maximum atomic E-state index is 5.81. The maximum absolute atomic E-state index is 5.81. The molecule has 24 heavy (non-hydrogen) atoms. The van der Waals surface area contributed by atoms with Gasteiger partial charge in [0.25, 0.3) is 0 Å². The van der Waals surface area contributed by atoms with Crippen LogP contribution in [0.15, 0.2) is 24.3 Å². The van der Waals surface area contributed by atoms with Crippen molar-refractivity contribution in [3.8, 4) is 11.5 Å². The zero-order valence-corrected chi connectivity index (χ0v) is 15.2. The lowest BCUT2D eigenvalue weighted by molar-refractivity contribution is 0.0322. The lowest BCUT2D eigenvalue weighted by atomic mass is 10.1. The lowest BCUT2D eigenvalue weighted by Crippen LogP contribution is -2.38. The van der Waals surface area contributed by atoms with Crippen molar-refractivity contribution >= 4 is 0 Å². The Labute approximate surface area is 147 Å². The molecule has 1 aliphatic rings. The highest BCUT2D eigenvalue weighted by atomic mass is 16.5. The van der Waals surface area contributed by atoms with Crippen molar-refractivity contribution < 1.29 is 14.2 Å². The summed E-state index contributed by atoms with van der Waals surface area (Å²) in [6, 6.07) is 7.99. The summed E-state index contributed by atoms with van der Waals surface area (Å²) in [4.78, 5) is 2.38. The van der Waals surface area contributed by atoms with Crippen LogP contribution < -0.4 is 9.47 Å². The summed E-state index contributed by atoms with van der Waals surface area (Å²) in [6.07, 6.45) is 7.75. The molecular weight excluding hydrogens is 302 g/mol. The summed E-state index contributed by atoms with van der Waals surface area (Å²) in [5.41, 5.74) is 0. The molecule has 1 aromatic carbocycles. The van der Waals surface area contributed by atoms with Crippen molar-refractivity contribution in [1.29, 1.82) is 0 Å². The van der Waals surface area contributed by atoms with Crippen LogP contribution in [0.1, 0.15) is 45.4 Å². The molecular formula is C20H33NO3. The van der Waals surface area contributed by atoms with Gasteiger partial charge in [0.2, 0.25) is 0 Å². The van der Waals surface area contributed by atoms with Crippen LogP contribution in [0.2, 0.25) is 0 Å². The molecule has 1 fully saturated rings. The predicted octanol–water partition coefficient (Wildman–Crippen LogP) is 4.14. The molecule has 136 valence electrons. The molecule has 0 aromatic heterocycles. The average Bonchev–Trinajstić information content (AvgIpc) is 2.63. The molecule has 0 radical (unpaired) electrons. The van der Waals surface area contributed by atoms with Crippen LogP contribution in [0, 0.1) is 0 Å². The fourth-order valence-corrected chi connectivity index (χ4v) is 2.82. The number of hydrogen-bond acceptors (Lipinski definition) is 4. The van der Waals surface area contributed by atoms with E-state index in [1.54, 1.807) is 0 Å². The first-order valence-electron chi connectivity index (χ1n) is 9.54. The lowest BCUT2D eigenvalue weighted by Gasteiger charge is -2.26. The van der Waals surface area contributed by atoms with Gasteiger partial charge in [-0.25, -0.2) is 0 Å². The van der Waals surface area contributed by atoms with Crippen LogP contribution in [0.3, 0.4) is 0 Å². The summed E-state index contributed by atoms with van der Waals surface area (Å²) in [5, 5.41) is 0. The van der Waals surface area contributed by atoms with Gasteiger partial charge in [-0.1, -0.05) is 39.0 Å². The van der Waals surface area contributed by atoms with Crippen molar-refractivity contribution in [3.05, 3.63) is 24.3 Å². The van der Waals surface area contributed by atoms with Gasteiger partial charge in [0.15, 0.2) is 0 Å². The van der Waals surface area contributed by atoms with Gasteiger partial charge in [-0.05, 0) is 30.7 Å². The van der Waals surface area contributed by atoms with Gasteiger partial charge in [0.05, 0.1) is 19.8 Å². The van der Waals surface area contributed by atoms with Gasteiger partial charge in [0, 0.05) is 19.6 Å². The van der Waals surface area contributed by atoms with E-state index in [-0.39, 0.29) is 0 Å². The van der Waals surface area contributed by atoms with E-state index >= 15 is 0 Å². The second kappa shape index (κ2) is 12.2. The van der Waals surface area contributed by atoms with Crippen molar-refractivity contribution in [3.63, 3.8) is 0 Å². The maximum Gasteiger partial charge on any atom is 0.119 e. The monoisotopic (exact) mass is 335 g/mol. The molecule has 1 saturated heterocycles. The Balaban J connectivity index is 1.53. The summed E-state index contributed by atoms with van der Waals surface area (Å²) >= 11 is 0. The highest BCUT2D eigenvalue weighted by molar-refractivity contribution is 5.31. The zero-order chi connectivity index (χ0) is 16.9. The molecule has 0 N–H and O–H groups in total. The predicted molar refractivity (Wildman–Crippen MR) is 98.1 cm³/mol. The number of hydrogen-bond donors (Lipinski definition) is 0. The summed E-state index contributed by atoms with van der Waals surface area (Å²) in [7, 11) is 0. The minimum Gasteiger partial charge on any atom is -0.494 e. The molecule has 0 saturated carbocycles. The number of benzene rings is 1. The van der Waals surface area contributed by atoms with Crippen molar-refractivity contribution in [2.45, 2.75) is 45.4 Å². The van der Waals surface area contributed by atoms with E-state index in [0.29, 0.717) is 0 Å². The third-order valence-electron chi connectivity index (χ3n) is 4.37. The van der Waals surface area contributed by atoms with E-state index < -0.39 is 0 Å². The molecule has 2 rings (SSSR count). The number of unbranched alkanes of at least 4 members (excludes halogenated alkanes) is 5. The Morgan fingerprint density at radius 1 is 0.833 bits per heavy atom. The van der Waals surface area contributed by atoms with Crippen LogP contribution >= 0.6 is 0 Å². The highest BCUT2D eigenvalue weighted by Gasteiger charge is 2.09. The van der Waals surface area contributed by atoms with Crippen LogP contribution in [0.25, 0.3) is 0 Å². The number of rotatable bonds is 12. The molecule has 0 bridgehead atoms. The Kier molecular flexibility index (Phi) is 9.66. The van der Waals surface area contributed by atoms with Crippen LogP contribution in [-0.2, 0) is 4.74 Å². The molecule has 4 nitrogen and oxygen atoms in total. The molecule has 0 amide bonds. The fraction of sp³-hybridized carbons (Fsp3) is 0.700. The number of nitrogens with zero attached hydrogens (tertiary/aromatic N) is 1. The van der Waals surface area contributed by atoms with Crippen molar-refractivity contribution in [1.82, 2.24) is 4.90 Å². The van der Waals surface area contributed by atoms with Gasteiger partial charge < -0.3 is 14.2 Å². The van der Waals surface area contributed by atoms with Crippen LogP contribution in [0.5, 0.6) is 11.5 Å². The van der Waals surface area contributed by atoms with E-state index in [1.807, 2.05) is 24.3 Å². The summed E-state index contributed by atoms with van der Waals surface area (Å²) in [6.45, 7) is 8.43. The fourth-order valence-electron chi connectivity index (χ4n) is 2.82. The standard InChI is InChI=1S/C20H33NO3/c1-2-3-4-5-6-7-15-23-19-8-10-20(11-9-19)24-18-14-21-12-16-22-17-13-21/h8-11H,2-7,12-18H2,1H3. The quantitative estimate of drug-likeness (QED) is 0.537. The van der Waals surface area contributed by atoms with Crippen LogP contribution in [0.4, 0.5) is 0 Å². The van der Waals surface area contributed by atoms with Gasteiger partial charge >= 0.3 is 0 Å². The second-order valence-corrected chi connectivity index (χ2v) is 6.39. The molecule has 1 aliphatic heterocycles. The third kappa shape index (κ3) is 8.02. The first-order valence-corrected chi connectivity index (χ1v) is 9.54. The molecule has 1 heterocycles. The number of morpholine rings is 1. The summed E-state index contributed by atoms with van der Waals surface area (Å²) in [5.74, 6) is 1.85. The van der Waals surface area contributed by atoms with Gasteiger partial charge in [-0.15, -0.1) is 0 Å². The highest BCUT2D eigenvalue weighted by Crippen LogP contribution is 2.18. The Bertz CT molecular complexity index is 415. The van der Waals surface area contributed by atoms with Crippen LogP contribution in [-0.4, -0.2) is 51.0 Å². The Morgan fingerprint density at radius 2 is 1.42 bits per heavy atom. The largest absolute Gasteiger partial charge is 0.494 e. The Morgan fingerprint density at radius 3 is 2.08 bits per heavy atom. The summed E-state index contributed by atoms with van der Waals surface area (Å²) < 4.78 is 16.9. The smallest absolute Gasteiger partial charge is 0.119 e. The topological polar surface area (TPSA) is 30.9 Å². The van der Waals surface area contributed by atoms with E-state index in [9.17, 15) is 0 Å². The number of ether oxygens (including phenoxy) is 3. The molecule has 0 aliphatic carbocycles. The molecule has 0 unspecified atom stereocenters. The first-order chi connectivity index (χ1) is 11.9. The third-order valence-corrected chi connectivity index (χ3v) is 4.37. The average molecular weight is 335 g/mol. The first kappa shape index (κ1) is 19.1. The second-order valence-electron chi connectivity index (χ2n) is 6.39. The van der Waals surface area contributed by atoms with E-state index in [2.05, 4.69) is 11.8 Å². The van der Waals surface area contributed by atoms with E-state index in [4.69, 9.17) is 14.2 Å².